The summed E-state index contributed by atoms with van der Waals surface area (Å²) in [5.74, 6) is 0. The van der Waals surface area contributed by atoms with Crippen LogP contribution < -0.4 is 0 Å². The topological polar surface area (TPSA) is 0 Å². The van der Waals surface area contributed by atoms with Gasteiger partial charge >= 0.3 is 30.2 Å². The Labute approximate surface area is 137 Å². The zero-order chi connectivity index (χ0) is 9.94. The number of hydrogen-bond acceptors (Lipinski definition) is 0. The molecule has 0 aromatic heterocycles. The van der Waals surface area contributed by atoms with E-state index in [0.29, 0.717) is 0 Å². The van der Waals surface area contributed by atoms with Crippen molar-refractivity contribution < 1.29 is 23.3 Å². The summed E-state index contributed by atoms with van der Waals surface area (Å²) in [4.78, 5) is 0. The van der Waals surface area contributed by atoms with Crippen LogP contribution in [-0.2, 0) is 23.3 Å². The Morgan fingerprint density at radius 1 is 1.12 bits per heavy atom. The molecule has 4 heteroatoms. The van der Waals surface area contributed by atoms with Crippen molar-refractivity contribution in [3.63, 3.8) is 0 Å². The van der Waals surface area contributed by atoms with Crippen molar-refractivity contribution in [1.82, 2.24) is 0 Å². The molecule has 0 bridgehead atoms. The van der Waals surface area contributed by atoms with Crippen molar-refractivity contribution in [2.75, 3.05) is 0 Å². The van der Waals surface area contributed by atoms with Crippen molar-refractivity contribution in [2.45, 2.75) is 19.8 Å². The van der Waals surface area contributed by atoms with E-state index < -0.39 is 0 Å². The molecule has 0 radical (unpaired) electrons. The van der Waals surface area contributed by atoms with E-state index in [1.807, 2.05) is 25.1 Å². The van der Waals surface area contributed by atoms with Crippen LogP contribution in [0.2, 0.25) is 0 Å². The Balaban J connectivity index is -0.0000000412. The molecule has 0 atom stereocenters. The van der Waals surface area contributed by atoms with Crippen LogP contribution in [0.1, 0.15) is 19.8 Å². The van der Waals surface area contributed by atoms with Gasteiger partial charge in [-0.15, -0.1) is 44.6 Å². The van der Waals surface area contributed by atoms with Gasteiger partial charge in [0.1, 0.15) is 0 Å². The molecule has 0 aliphatic heterocycles. The summed E-state index contributed by atoms with van der Waals surface area (Å²) in [5, 5.41) is 0. The summed E-state index contributed by atoms with van der Waals surface area (Å²) in [7, 11) is 0. The predicted octanol–water partition coefficient (Wildman–Crippen LogP) is 3.83. The molecule has 2 aliphatic carbocycles. The third kappa shape index (κ3) is 22.3. The van der Waals surface area contributed by atoms with E-state index in [9.17, 15) is 0 Å². The predicted molar refractivity (Wildman–Crippen MR) is 83.6 cm³/mol. The van der Waals surface area contributed by atoms with E-state index in [1.165, 1.54) is 5.57 Å². The molecule has 0 amide bonds. The molecule has 0 aromatic rings. The molecule has 0 fully saturated rings. The van der Waals surface area contributed by atoms with Crippen molar-refractivity contribution in [2.24, 2.45) is 0 Å². The maximum absolute atomic E-state index is 3.05. The summed E-state index contributed by atoms with van der Waals surface area (Å²) < 4.78 is 0. The first-order chi connectivity index (χ1) is 6.39. The van der Waals surface area contributed by atoms with Gasteiger partial charge < -0.3 is 14.9 Å². The first-order valence-electron chi connectivity index (χ1n) is 4.20. The summed E-state index contributed by atoms with van der Waals surface area (Å²) in [6, 6.07) is 0. The van der Waals surface area contributed by atoms with E-state index in [2.05, 4.69) is 31.2 Å². The van der Waals surface area contributed by atoms with Crippen LogP contribution in [0.5, 0.6) is 0 Å². The second-order valence-corrected chi connectivity index (χ2v) is 2.50. The zero-order valence-corrected chi connectivity index (χ0v) is 16.3. The fourth-order valence-electron chi connectivity index (χ4n) is 0.839. The Morgan fingerprint density at radius 3 is 1.82 bits per heavy atom. The van der Waals surface area contributed by atoms with E-state index in [-0.39, 0.29) is 39.7 Å². The molecule has 0 unspecified atom stereocenters. The molecule has 0 saturated heterocycles. The van der Waals surface area contributed by atoms with Gasteiger partial charge in [0.25, 0.3) is 0 Å². The van der Waals surface area contributed by atoms with Gasteiger partial charge in [-0.3, -0.25) is 12.2 Å². The summed E-state index contributed by atoms with van der Waals surface area (Å²) in [5.41, 5.74) is 1.34. The average Bonchev–Trinajstić information content (AvgIpc) is 2.81. The molecule has 100 valence electrons. The zero-order valence-electron chi connectivity index (χ0n) is 10.8. The molecular formula is C13H22Cl2SiZr-4. The fourth-order valence-corrected chi connectivity index (χ4v) is 0.839. The molecule has 0 nitrogen and oxygen atoms in total. The molecule has 2 aliphatic rings. The molecular weight excluding hydrogens is 346 g/mol. The summed E-state index contributed by atoms with van der Waals surface area (Å²) in [6.07, 6.45) is 18.2. The Morgan fingerprint density at radius 2 is 1.71 bits per heavy atom. The van der Waals surface area contributed by atoms with E-state index >= 15 is 0 Å². The van der Waals surface area contributed by atoms with Crippen molar-refractivity contribution >= 4 is 31.7 Å². The average molecular weight is 369 g/mol. The second-order valence-electron chi connectivity index (χ2n) is 2.50. The van der Waals surface area contributed by atoms with Crippen LogP contribution in [0.15, 0.2) is 36.0 Å². The summed E-state index contributed by atoms with van der Waals surface area (Å²) in [6.45, 7) is 4.03. The molecule has 0 heterocycles. The molecule has 0 saturated carbocycles. The van der Waals surface area contributed by atoms with Crippen LogP contribution >= 0.6 is 24.8 Å². The van der Waals surface area contributed by atoms with Crippen LogP contribution in [0, 0.1) is 27.0 Å². The monoisotopic (exact) mass is 366 g/mol. The Bertz CT molecular complexity index is 233. The van der Waals surface area contributed by atoms with Gasteiger partial charge in [0.05, 0.1) is 0 Å². The van der Waals surface area contributed by atoms with Gasteiger partial charge in [-0.25, -0.2) is 23.8 Å². The summed E-state index contributed by atoms with van der Waals surface area (Å²) >= 11 is 1.58. The van der Waals surface area contributed by atoms with E-state index in [1.54, 1.807) is 23.3 Å². The van der Waals surface area contributed by atoms with Gasteiger partial charge in [-0.05, 0) is 0 Å². The normalized spacial score (nSPS) is 11.9. The second kappa shape index (κ2) is 25.5. The van der Waals surface area contributed by atoms with Gasteiger partial charge in [-0.1, -0.05) is 0 Å². The third-order valence-electron chi connectivity index (χ3n) is 1.46. The van der Waals surface area contributed by atoms with Gasteiger partial charge in [0.15, 0.2) is 0 Å². The third-order valence-corrected chi connectivity index (χ3v) is 1.46. The quantitative estimate of drug-likeness (QED) is 0.450. The molecule has 0 spiro atoms. The van der Waals surface area contributed by atoms with Crippen molar-refractivity contribution in [1.29, 1.82) is 0 Å². The first-order valence-corrected chi connectivity index (χ1v) is 10.1. The molecule has 17 heavy (non-hydrogen) atoms. The number of hydrogen-bond donors (Lipinski definition) is 0. The number of rotatable bonds is 0. The standard InChI is InChI=1S/C6H7.C5H5.2CH3.2ClH.H2Si.Zr/c1-6-4-2-3-5-6;1-2-4-5-3-1;;;;;;/h4-5H,2H2,1H3;1-3H,4H2;2*1H3;2*1H;1H2;/q4*-1;;;;. The minimum atomic E-state index is 0. The van der Waals surface area contributed by atoms with Crippen molar-refractivity contribution in [3.05, 3.63) is 63.0 Å². The number of allylic oxidation sites excluding steroid dienone is 8. The Hall–Kier alpha value is 0.640. The van der Waals surface area contributed by atoms with Crippen LogP contribution in [0.25, 0.3) is 0 Å². The molecule has 0 aromatic carbocycles. The fraction of sp³-hybridized carbons (Fsp3) is 0.231. The SMILES string of the molecule is CC1=CC[C-]=C1.Cl.Cl.[C-]1=CC=CC1.[CH3-].[CH3-].[SiH2]=[Zr]. The number of halogens is 2. The maximum atomic E-state index is 3.05. The van der Waals surface area contributed by atoms with Crippen LogP contribution in [0.4, 0.5) is 0 Å². The van der Waals surface area contributed by atoms with Crippen LogP contribution in [0.3, 0.4) is 0 Å². The molecule has 0 N–H and O–H groups in total. The van der Waals surface area contributed by atoms with Gasteiger partial charge in [0, 0.05) is 0 Å². The van der Waals surface area contributed by atoms with Gasteiger partial charge in [0.2, 0.25) is 0 Å². The minimum absolute atomic E-state index is 0. The Kier molecular flexibility index (Phi) is 45.8. The van der Waals surface area contributed by atoms with Gasteiger partial charge in [-0.2, -0.15) is 12.2 Å². The van der Waals surface area contributed by atoms with Crippen molar-refractivity contribution in [3.8, 4) is 0 Å². The van der Waals surface area contributed by atoms with E-state index in [0.717, 1.165) is 12.8 Å². The van der Waals surface area contributed by atoms with E-state index in [4.69, 9.17) is 0 Å². The van der Waals surface area contributed by atoms with Crippen LogP contribution in [-0.4, -0.2) is 6.88 Å². The first kappa shape index (κ1) is 30.6. The molecule has 2 rings (SSSR count).